The summed E-state index contributed by atoms with van der Waals surface area (Å²) in [6.07, 6.45) is -0.134. The molecule has 1 aliphatic heterocycles. The highest BCUT2D eigenvalue weighted by Crippen LogP contribution is 2.32. The largest absolute Gasteiger partial charge is 0.416 e. The van der Waals surface area contributed by atoms with Crippen LogP contribution in [0.1, 0.15) is 24.8 Å². The summed E-state index contributed by atoms with van der Waals surface area (Å²) < 4.78 is 38.0. The van der Waals surface area contributed by atoms with Gasteiger partial charge in [-0.1, -0.05) is 0 Å². The van der Waals surface area contributed by atoms with Crippen LogP contribution in [0.15, 0.2) is 18.3 Å². The minimum atomic E-state index is -4.32. The van der Waals surface area contributed by atoms with Gasteiger partial charge in [-0.05, 0) is 37.3 Å². The van der Waals surface area contributed by atoms with E-state index in [9.17, 15) is 13.2 Å². The van der Waals surface area contributed by atoms with Crippen molar-refractivity contribution in [2.24, 2.45) is 5.92 Å². The van der Waals surface area contributed by atoms with Gasteiger partial charge in [0, 0.05) is 25.2 Å². The highest BCUT2D eigenvalue weighted by atomic mass is 35.5. The molecule has 106 valence electrons. The summed E-state index contributed by atoms with van der Waals surface area (Å²) in [5.41, 5.74) is -0.642. The first-order chi connectivity index (χ1) is 9.00. The van der Waals surface area contributed by atoms with Crippen LogP contribution in [-0.4, -0.2) is 24.0 Å². The van der Waals surface area contributed by atoms with Crippen molar-refractivity contribution in [1.82, 2.24) is 4.98 Å². The van der Waals surface area contributed by atoms with E-state index in [1.54, 1.807) is 0 Å². The van der Waals surface area contributed by atoms with Crippen molar-refractivity contribution in [3.63, 3.8) is 0 Å². The molecule has 2 nitrogen and oxygen atoms in total. The Labute approximate surface area is 115 Å². The molecule has 1 unspecified atom stereocenters. The smallest absolute Gasteiger partial charge is 0.356 e. The summed E-state index contributed by atoms with van der Waals surface area (Å²) in [7, 11) is 0. The van der Waals surface area contributed by atoms with Gasteiger partial charge in [0.2, 0.25) is 0 Å². The maximum Gasteiger partial charge on any atom is 0.416 e. The standard InChI is InChI=1S/C13H16ClF3N2/c14-5-3-10-2-1-7-19(9-10)12-8-11(4-6-18-12)13(15,16)17/h4,6,8,10H,1-3,5,7,9H2. The van der Waals surface area contributed by atoms with Crippen molar-refractivity contribution in [3.05, 3.63) is 23.9 Å². The van der Waals surface area contributed by atoms with Crippen molar-refractivity contribution in [3.8, 4) is 0 Å². The zero-order valence-corrected chi connectivity index (χ0v) is 11.2. The van der Waals surface area contributed by atoms with Crippen LogP contribution in [0.3, 0.4) is 0 Å². The van der Waals surface area contributed by atoms with Crippen LogP contribution in [-0.2, 0) is 6.18 Å². The molecule has 0 radical (unpaired) electrons. The molecular weight excluding hydrogens is 277 g/mol. The molecule has 2 heterocycles. The molecule has 1 aromatic heterocycles. The number of rotatable bonds is 3. The van der Waals surface area contributed by atoms with Gasteiger partial charge in [0.25, 0.3) is 0 Å². The second kappa shape index (κ2) is 5.99. The first-order valence-corrected chi connectivity index (χ1v) is 6.88. The van der Waals surface area contributed by atoms with Crippen LogP contribution in [0, 0.1) is 5.92 Å². The quantitative estimate of drug-likeness (QED) is 0.784. The van der Waals surface area contributed by atoms with Crippen LogP contribution >= 0.6 is 11.6 Å². The lowest BCUT2D eigenvalue weighted by atomic mass is 9.95. The summed E-state index contributed by atoms with van der Waals surface area (Å²) >= 11 is 5.73. The molecule has 1 atom stereocenters. The predicted octanol–water partition coefficient (Wildman–Crippen LogP) is 3.95. The van der Waals surface area contributed by atoms with Crippen LogP contribution in [0.2, 0.25) is 0 Å². The topological polar surface area (TPSA) is 16.1 Å². The molecule has 0 aliphatic carbocycles. The maximum absolute atomic E-state index is 12.7. The highest BCUT2D eigenvalue weighted by Gasteiger charge is 2.31. The van der Waals surface area contributed by atoms with Crippen LogP contribution < -0.4 is 4.90 Å². The molecule has 0 N–H and O–H groups in total. The summed E-state index contributed by atoms with van der Waals surface area (Å²) in [5.74, 6) is 1.45. The van der Waals surface area contributed by atoms with Gasteiger partial charge in [0.15, 0.2) is 0 Å². The van der Waals surface area contributed by atoms with Gasteiger partial charge in [0.05, 0.1) is 5.56 Å². The molecule has 0 bridgehead atoms. The van der Waals surface area contributed by atoms with E-state index >= 15 is 0 Å². The van der Waals surface area contributed by atoms with Crippen molar-refractivity contribution in [1.29, 1.82) is 0 Å². The Morgan fingerprint density at radius 1 is 1.42 bits per heavy atom. The van der Waals surface area contributed by atoms with Gasteiger partial charge in [-0.3, -0.25) is 0 Å². The van der Waals surface area contributed by atoms with E-state index in [1.807, 2.05) is 4.90 Å². The zero-order chi connectivity index (χ0) is 13.9. The Morgan fingerprint density at radius 3 is 2.89 bits per heavy atom. The Bertz CT molecular complexity index is 421. The lowest BCUT2D eigenvalue weighted by Gasteiger charge is -2.33. The maximum atomic E-state index is 12.7. The molecule has 0 aromatic carbocycles. The molecular formula is C13H16ClF3N2. The number of piperidine rings is 1. The molecule has 19 heavy (non-hydrogen) atoms. The normalized spacial score (nSPS) is 20.6. The molecule has 6 heteroatoms. The molecule has 0 saturated carbocycles. The number of hydrogen-bond donors (Lipinski definition) is 0. The fourth-order valence-corrected chi connectivity index (χ4v) is 2.74. The second-order valence-corrected chi connectivity index (χ2v) is 5.21. The SMILES string of the molecule is FC(F)(F)c1ccnc(N2CCCC(CCCl)C2)c1. The van der Waals surface area contributed by atoms with Crippen molar-refractivity contribution >= 4 is 17.4 Å². The summed E-state index contributed by atoms with van der Waals surface area (Å²) in [4.78, 5) is 5.99. The number of aromatic nitrogens is 1. The predicted molar refractivity (Wildman–Crippen MR) is 69.5 cm³/mol. The van der Waals surface area contributed by atoms with Crippen LogP contribution in [0.4, 0.5) is 19.0 Å². The van der Waals surface area contributed by atoms with E-state index in [-0.39, 0.29) is 0 Å². The third-order valence-corrected chi connectivity index (χ3v) is 3.65. The van der Waals surface area contributed by atoms with E-state index < -0.39 is 11.7 Å². The van der Waals surface area contributed by atoms with Crippen LogP contribution in [0.5, 0.6) is 0 Å². The third-order valence-electron chi connectivity index (χ3n) is 3.43. The van der Waals surface area contributed by atoms with Crippen molar-refractivity contribution < 1.29 is 13.2 Å². The van der Waals surface area contributed by atoms with Gasteiger partial charge in [-0.2, -0.15) is 13.2 Å². The number of alkyl halides is 4. The molecule has 2 rings (SSSR count). The Balaban J connectivity index is 2.13. The van der Waals surface area contributed by atoms with Crippen molar-refractivity contribution in [2.75, 3.05) is 23.9 Å². The lowest BCUT2D eigenvalue weighted by molar-refractivity contribution is -0.137. The summed E-state index contributed by atoms with van der Waals surface area (Å²) in [5, 5.41) is 0. The third kappa shape index (κ3) is 3.75. The molecule has 1 aromatic rings. The van der Waals surface area contributed by atoms with E-state index in [2.05, 4.69) is 4.98 Å². The van der Waals surface area contributed by atoms with E-state index in [1.165, 1.54) is 6.20 Å². The number of pyridine rings is 1. The Hall–Kier alpha value is -0.970. The van der Waals surface area contributed by atoms with Crippen LogP contribution in [0.25, 0.3) is 0 Å². The molecule has 0 amide bonds. The number of halogens is 4. The average Bonchev–Trinajstić information content (AvgIpc) is 2.39. The van der Waals surface area contributed by atoms with Gasteiger partial charge in [-0.25, -0.2) is 4.98 Å². The fourth-order valence-electron chi connectivity index (χ4n) is 2.43. The lowest BCUT2D eigenvalue weighted by Crippen LogP contribution is -2.36. The number of nitrogens with zero attached hydrogens (tertiary/aromatic N) is 2. The highest BCUT2D eigenvalue weighted by molar-refractivity contribution is 6.17. The molecule has 0 spiro atoms. The first-order valence-electron chi connectivity index (χ1n) is 6.35. The Morgan fingerprint density at radius 2 is 2.21 bits per heavy atom. The van der Waals surface area contributed by atoms with Gasteiger partial charge < -0.3 is 4.90 Å². The van der Waals surface area contributed by atoms with Gasteiger partial charge in [-0.15, -0.1) is 11.6 Å². The molecule has 1 saturated heterocycles. The second-order valence-electron chi connectivity index (χ2n) is 4.83. The average molecular weight is 293 g/mol. The summed E-state index contributed by atoms with van der Waals surface area (Å²) in [6.45, 7) is 1.49. The monoisotopic (exact) mass is 292 g/mol. The van der Waals surface area contributed by atoms with E-state index in [4.69, 9.17) is 11.6 Å². The fraction of sp³-hybridized carbons (Fsp3) is 0.615. The van der Waals surface area contributed by atoms with E-state index in [0.717, 1.165) is 44.5 Å². The van der Waals surface area contributed by atoms with E-state index in [0.29, 0.717) is 17.6 Å². The summed E-state index contributed by atoms with van der Waals surface area (Å²) in [6, 6.07) is 2.13. The minimum Gasteiger partial charge on any atom is -0.356 e. The van der Waals surface area contributed by atoms with Gasteiger partial charge >= 0.3 is 6.18 Å². The zero-order valence-electron chi connectivity index (χ0n) is 10.5. The van der Waals surface area contributed by atoms with Crippen molar-refractivity contribution in [2.45, 2.75) is 25.4 Å². The minimum absolute atomic E-state index is 0.411. The number of hydrogen-bond acceptors (Lipinski definition) is 2. The van der Waals surface area contributed by atoms with Gasteiger partial charge in [0.1, 0.15) is 5.82 Å². The first kappa shape index (κ1) is 14.4. The number of anilines is 1. The molecule has 1 aliphatic rings. The molecule has 1 fully saturated rings. The Kier molecular flexibility index (Phi) is 4.55.